The van der Waals surface area contributed by atoms with Crippen molar-refractivity contribution < 1.29 is 14.6 Å². The minimum absolute atomic E-state index is 0.588. The second-order valence-corrected chi connectivity index (χ2v) is 6.40. The highest BCUT2D eigenvalue weighted by Crippen LogP contribution is 2.38. The average Bonchev–Trinajstić information content (AvgIpc) is 2.46. The van der Waals surface area contributed by atoms with Crippen molar-refractivity contribution in [1.82, 2.24) is 0 Å². The minimum atomic E-state index is -0.743. The molecule has 21 heavy (non-hydrogen) atoms. The summed E-state index contributed by atoms with van der Waals surface area (Å²) in [5.41, 5.74) is 2.60. The SMILES string of the molecule is COc1cc(Br)c(C(O)c2ccc(Br)cc2C)cc1OC. The molecule has 0 saturated carbocycles. The van der Waals surface area contributed by atoms with Crippen molar-refractivity contribution in [3.8, 4) is 11.5 Å². The summed E-state index contributed by atoms with van der Waals surface area (Å²) in [7, 11) is 3.16. The van der Waals surface area contributed by atoms with Gasteiger partial charge in [-0.3, -0.25) is 0 Å². The van der Waals surface area contributed by atoms with Crippen LogP contribution in [0.5, 0.6) is 11.5 Å². The van der Waals surface area contributed by atoms with Gasteiger partial charge in [-0.15, -0.1) is 0 Å². The lowest BCUT2D eigenvalue weighted by molar-refractivity contribution is 0.218. The highest BCUT2D eigenvalue weighted by Gasteiger charge is 2.19. The number of aryl methyl sites for hydroxylation is 1. The molecule has 0 fully saturated rings. The number of aliphatic hydroxyl groups is 1. The fourth-order valence-electron chi connectivity index (χ4n) is 2.19. The Balaban J connectivity index is 2.50. The van der Waals surface area contributed by atoms with Crippen molar-refractivity contribution in [2.75, 3.05) is 14.2 Å². The Hall–Kier alpha value is -1.04. The summed E-state index contributed by atoms with van der Waals surface area (Å²) in [6, 6.07) is 9.39. The normalized spacial score (nSPS) is 12.1. The van der Waals surface area contributed by atoms with Crippen LogP contribution in [0, 0.1) is 6.92 Å². The Morgan fingerprint density at radius 3 is 2.14 bits per heavy atom. The topological polar surface area (TPSA) is 38.7 Å². The van der Waals surface area contributed by atoms with Crippen molar-refractivity contribution >= 4 is 31.9 Å². The number of rotatable bonds is 4. The predicted octanol–water partition coefficient (Wildman–Crippen LogP) is 4.62. The first-order chi connectivity index (χ1) is 9.97. The van der Waals surface area contributed by atoms with Crippen LogP contribution in [0.2, 0.25) is 0 Å². The first-order valence-electron chi connectivity index (χ1n) is 6.33. The predicted molar refractivity (Wildman–Crippen MR) is 90.2 cm³/mol. The first kappa shape index (κ1) is 16.3. The molecule has 0 saturated heterocycles. The molecule has 1 unspecified atom stereocenters. The Labute approximate surface area is 141 Å². The van der Waals surface area contributed by atoms with Crippen LogP contribution in [0.25, 0.3) is 0 Å². The number of benzene rings is 2. The van der Waals surface area contributed by atoms with Gasteiger partial charge in [0.15, 0.2) is 11.5 Å². The lowest BCUT2D eigenvalue weighted by Crippen LogP contribution is -2.04. The van der Waals surface area contributed by atoms with Gasteiger partial charge in [0.05, 0.1) is 14.2 Å². The van der Waals surface area contributed by atoms with Gasteiger partial charge < -0.3 is 14.6 Å². The van der Waals surface area contributed by atoms with E-state index in [9.17, 15) is 5.11 Å². The molecule has 5 heteroatoms. The largest absolute Gasteiger partial charge is 0.493 e. The smallest absolute Gasteiger partial charge is 0.161 e. The number of methoxy groups -OCH3 is 2. The Bertz CT molecular complexity index is 656. The van der Waals surface area contributed by atoms with E-state index in [0.29, 0.717) is 11.5 Å². The van der Waals surface area contributed by atoms with Gasteiger partial charge in [-0.05, 0) is 42.3 Å². The van der Waals surface area contributed by atoms with Gasteiger partial charge in [0.25, 0.3) is 0 Å². The maximum absolute atomic E-state index is 10.7. The Morgan fingerprint density at radius 1 is 0.952 bits per heavy atom. The van der Waals surface area contributed by atoms with Crippen LogP contribution in [-0.2, 0) is 0 Å². The van der Waals surface area contributed by atoms with Crippen LogP contribution < -0.4 is 9.47 Å². The van der Waals surface area contributed by atoms with E-state index in [1.807, 2.05) is 25.1 Å². The van der Waals surface area contributed by atoms with Gasteiger partial charge in [0, 0.05) is 14.5 Å². The highest BCUT2D eigenvalue weighted by molar-refractivity contribution is 9.10. The first-order valence-corrected chi connectivity index (χ1v) is 7.92. The van der Waals surface area contributed by atoms with Gasteiger partial charge in [-0.25, -0.2) is 0 Å². The number of hydrogen-bond acceptors (Lipinski definition) is 3. The molecule has 0 bridgehead atoms. The number of ether oxygens (including phenoxy) is 2. The second-order valence-electron chi connectivity index (χ2n) is 4.63. The van der Waals surface area contributed by atoms with E-state index in [-0.39, 0.29) is 0 Å². The van der Waals surface area contributed by atoms with Crippen LogP contribution in [-0.4, -0.2) is 19.3 Å². The lowest BCUT2D eigenvalue weighted by atomic mass is 9.97. The third-order valence-electron chi connectivity index (χ3n) is 3.32. The fourth-order valence-corrected chi connectivity index (χ4v) is 3.21. The molecule has 2 aromatic carbocycles. The molecule has 0 amide bonds. The summed E-state index contributed by atoms with van der Waals surface area (Å²) >= 11 is 6.91. The quantitative estimate of drug-likeness (QED) is 0.791. The van der Waals surface area contributed by atoms with E-state index < -0.39 is 6.10 Å². The van der Waals surface area contributed by atoms with Crippen molar-refractivity contribution in [3.05, 3.63) is 56.0 Å². The number of hydrogen-bond donors (Lipinski definition) is 1. The van der Waals surface area contributed by atoms with E-state index in [4.69, 9.17) is 9.47 Å². The van der Waals surface area contributed by atoms with Crippen molar-refractivity contribution in [2.24, 2.45) is 0 Å². The summed E-state index contributed by atoms with van der Waals surface area (Å²) in [5.74, 6) is 1.21. The van der Waals surface area contributed by atoms with Crippen molar-refractivity contribution in [1.29, 1.82) is 0 Å². The van der Waals surface area contributed by atoms with Gasteiger partial charge in [0.1, 0.15) is 6.10 Å². The van der Waals surface area contributed by atoms with Gasteiger partial charge in [-0.2, -0.15) is 0 Å². The van der Waals surface area contributed by atoms with Crippen LogP contribution in [0.3, 0.4) is 0 Å². The molecule has 2 rings (SSSR count). The van der Waals surface area contributed by atoms with Crippen molar-refractivity contribution in [2.45, 2.75) is 13.0 Å². The molecular weight excluding hydrogens is 400 g/mol. The molecule has 3 nitrogen and oxygen atoms in total. The van der Waals surface area contributed by atoms with Crippen LogP contribution in [0.4, 0.5) is 0 Å². The van der Waals surface area contributed by atoms with Crippen LogP contribution >= 0.6 is 31.9 Å². The van der Waals surface area contributed by atoms with Crippen LogP contribution in [0.1, 0.15) is 22.8 Å². The molecule has 2 aromatic rings. The van der Waals surface area contributed by atoms with E-state index >= 15 is 0 Å². The zero-order chi connectivity index (χ0) is 15.6. The summed E-state index contributed by atoms with van der Waals surface area (Å²) in [6.45, 7) is 1.97. The monoisotopic (exact) mass is 414 g/mol. The fraction of sp³-hybridized carbons (Fsp3) is 0.250. The van der Waals surface area contributed by atoms with E-state index in [0.717, 1.165) is 25.6 Å². The molecule has 0 aliphatic rings. The maximum atomic E-state index is 10.7. The standard InChI is InChI=1S/C16H16Br2O3/c1-9-6-10(17)4-5-11(9)16(19)12-7-14(20-2)15(21-3)8-13(12)18/h4-8,16,19H,1-3H3. The summed E-state index contributed by atoms with van der Waals surface area (Å²) in [5, 5.41) is 10.7. The summed E-state index contributed by atoms with van der Waals surface area (Å²) in [6.07, 6.45) is -0.743. The van der Waals surface area contributed by atoms with E-state index in [1.165, 1.54) is 0 Å². The van der Waals surface area contributed by atoms with Gasteiger partial charge >= 0.3 is 0 Å². The Kier molecular flexibility index (Phi) is 5.30. The zero-order valence-electron chi connectivity index (χ0n) is 12.0. The third-order valence-corrected chi connectivity index (χ3v) is 4.50. The van der Waals surface area contributed by atoms with E-state index in [2.05, 4.69) is 31.9 Å². The maximum Gasteiger partial charge on any atom is 0.161 e. The molecule has 0 heterocycles. The molecule has 112 valence electrons. The lowest BCUT2D eigenvalue weighted by Gasteiger charge is -2.18. The molecule has 1 N–H and O–H groups in total. The molecule has 0 spiro atoms. The molecule has 0 radical (unpaired) electrons. The zero-order valence-corrected chi connectivity index (χ0v) is 15.2. The van der Waals surface area contributed by atoms with Gasteiger partial charge in [-0.1, -0.05) is 37.9 Å². The summed E-state index contributed by atoms with van der Waals surface area (Å²) in [4.78, 5) is 0. The number of aliphatic hydroxyl groups excluding tert-OH is 1. The van der Waals surface area contributed by atoms with Crippen LogP contribution in [0.15, 0.2) is 39.3 Å². The van der Waals surface area contributed by atoms with Gasteiger partial charge in [0.2, 0.25) is 0 Å². The molecule has 1 atom stereocenters. The molecule has 0 aliphatic carbocycles. The highest BCUT2D eigenvalue weighted by atomic mass is 79.9. The molecule has 0 aromatic heterocycles. The second kappa shape index (κ2) is 6.81. The summed E-state index contributed by atoms with van der Waals surface area (Å²) < 4.78 is 12.3. The van der Waals surface area contributed by atoms with Crippen molar-refractivity contribution in [3.63, 3.8) is 0 Å². The molecular formula is C16H16Br2O3. The van der Waals surface area contributed by atoms with E-state index in [1.54, 1.807) is 26.4 Å². The average molecular weight is 416 g/mol. The minimum Gasteiger partial charge on any atom is -0.493 e. The Morgan fingerprint density at radius 2 is 1.57 bits per heavy atom. The molecule has 0 aliphatic heterocycles. The third kappa shape index (κ3) is 3.42. The number of halogens is 2.